The van der Waals surface area contributed by atoms with Crippen molar-refractivity contribution < 1.29 is 5.11 Å². The highest BCUT2D eigenvalue weighted by Crippen LogP contribution is 2.10. The van der Waals surface area contributed by atoms with Crippen LogP contribution < -0.4 is 0 Å². The van der Waals surface area contributed by atoms with E-state index in [4.69, 9.17) is 11.5 Å². The molecule has 0 radical (unpaired) electrons. The van der Waals surface area contributed by atoms with Crippen molar-refractivity contribution in [3.8, 4) is 12.3 Å². The zero-order valence-corrected chi connectivity index (χ0v) is 5.43. The van der Waals surface area contributed by atoms with Crippen molar-refractivity contribution in [2.75, 3.05) is 0 Å². The van der Waals surface area contributed by atoms with E-state index in [1.54, 1.807) is 10.9 Å². The van der Waals surface area contributed by atoms with E-state index < -0.39 is 6.10 Å². The third kappa shape index (κ3) is 1.28. The summed E-state index contributed by atoms with van der Waals surface area (Å²) in [6, 6.07) is 0. The van der Waals surface area contributed by atoms with Crippen LogP contribution in [0.2, 0.25) is 0 Å². The van der Waals surface area contributed by atoms with E-state index in [0.717, 1.165) is 0 Å². The molecule has 0 saturated heterocycles. The molecule has 1 N–H and O–H groups in total. The molecule has 0 fully saturated rings. The molecule has 1 unspecified atom stereocenters. The first-order valence-electron chi connectivity index (χ1n) is 2.37. The van der Waals surface area contributed by atoms with Crippen molar-refractivity contribution in [1.29, 1.82) is 0 Å². The van der Waals surface area contributed by atoms with Gasteiger partial charge in [0.15, 0.2) is 6.10 Å². The molecule has 0 spiro atoms. The minimum atomic E-state index is -0.837. The third-order valence-corrected chi connectivity index (χ3v) is 1.49. The molecule has 9 heavy (non-hydrogen) atoms. The van der Waals surface area contributed by atoms with Crippen molar-refractivity contribution in [2.45, 2.75) is 6.10 Å². The Hall–Kier alpha value is -0.850. The van der Waals surface area contributed by atoms with Crippen LogP contribution in [0.5, 0.6) is 0 Å². The molecule has 0 aliphatic carbocycles. The molecular weight excluding hydrogens is 134 g/mol. The first kappa shape index (κ1) is 6.27. The van der Waals surface area contributed by atoms with Gasteiger partial charge in [-0.05, 0) is 0 Å². The zero-order valence-electron chi connectivity index (χ0n) is 4.61. The molecule has 0 bridgehead atoms. The van der Waals surface area contributed by atoms with Gasteiger partial charge in [0.25, 0.3) is 0 Å². The second-order valence-electron chi connectivity index (χ2n) is 1.48. The quantitative estimate of drug-likeness (QED) is 0.584. The van der Waals surface area contributed by atoms with Gasteiger partial charge in [-0.15, -0.1) is 17.8 Å². The zero-order chi connectivity index (χ0) is 6.69. The highest BCUT2D eigenvalue weighted by atomic mass is 32.1. The Balaban J connectivity index is 2.80. The Morgan fingerprint density at radius 3 is 3.11 bits per heavy atom. The van der Waals surface area contributed by atoms with Crippen LogP contribution in [-0.4, -0.2) is 10.1 Å². The van der Waals surface area contributed by atoms with Crippen molar-refractivity contribution in [3.05, 3.63) is 16.6 Å². The Bertz CT molecular complexity index is 211. The first-order valence-corrected chi connectivity index (χ1v) is 3.31. The molecule has 0 aliphatic rings. The molecule has 1 rings (SSSR count). The Morgan fingerprint density at radius 2 is 2.67 bits per heavy atom. The van der Waals surface area contributed by atoms with Crippen LogP contribution in [0, 0.1) is 12.3 Å². The SMILES string of the molecule is C#CC(O)c1cscn1. The van der Waals surface area contributed by atoms with Gasteiger partial charge in [0.1, 0.15) is 0 Å². The lowest BCUT2D eigenvalue weighted by atomic mass is 10.3. The molecule has 3 heteroatoms. The molecule has 1 aromatic rings. The molecule has 0 aromatic carbocycles. The molecule has 2 nitrogen and oxygen atoms in total. The summed E-state index contributed by atoms with van der Waals surface area (Å²) < 4.78 is 0. The van der Waals surface area contributed by atoms with E-state index >= 15 is 0 Å². The summed E-state index contributed by atoms with van der Waals surface area (Å²) in [6.07, 6.45) is 4.09. The third-order valence-electron chi connectivity index (χ3n) is 0.889. The molecule has 0 aliphatic heterocycles. The topological polar surface area (TPSA) is 33.1 Å². The summed E-state index contributed by atoms with van der Waals surface area (Å²) in [5.41, 5.74) is 2.19. The van der Waals surface area contributed by atoms with Gasteiger partial charge < -0.3 is 5.11 Å². The fourth-order valence-corrected chi connectivity index (χ4v) is 1.01. The number of aromatic nitrogens is 1. The van der Waals surface area contributed by atoms with Gasteiger partial charge in [-0.2, -0.15) is 0 Å². The fourth-order valence-electron chi connectivity index (χ4n) is 0.442. The van der Waals surface area contributed by atoms with Crippen LogP contribution in [0.25, 0.3) is 0 Å². The van der Waals surface area contributed by atoms with Crippen molar-refractivity contribution in [1.82, 2.24) is 4.98 Å². The fraction of sp³-hybridized carbons (Fsp3) is 0.167. The van der Waals surface area contributed by atoms with E-state index in [1.807, 2.05) is 0 Å². The monoisotopic (exact) mass is 139 g/mol. The van der Waals surface area contributed by atoms with E-state index in [-0.39, 0.29) is 0 Å². The van der Waals surface area contributed by atoms with Gasteiger partial charge in [-0.3, -0.25) is 0 Å². The number of terminal acetylenes is 1. The molecule has 1 heterocycles. The Labute approximate surface area is 57.2 Å². The van der Waals surface area contributed by atoms with Gasteiger partial charge in [0, 0.05) is 5.38 Å². The number of nitrogens with zero attached hydrogens (tertiary/aromatic N) is 1. The van der Waals surface area contributed by atoms with E-state index in [0.29, 0.717) is 5.69 Å². The molecular formula is C6H5NOS. The number of hydrogen-bond donors (Lipinski definition) is 1. The number of aliphatic hydroxyl groups excluding tert-OH is 1. The normalized spacial score (nSPS) is 12.4. The molecule has 0 amide bonds. The summed E-state index contributed by atoms with van der Waals surface area (Å²) in [7, 11) is 0. The maximum absolute atomic E-state index is 8.93. The van der Waals surface area contributed by atoms with Gasteiger partial charge in [-0.25, -0.2) is 4.98 Å². The average Bonchev–Trinajstić information content (AvgIpc) is 2.37. The van der Waals surface area contributed by atoms with E-state index in [1.165, 1.54) is 11.3 Å². The predicted octanol–water partition coefficient (Wildman–Crippen LogP) is 0.810. The second kappa shape index (κ2) is 2.62. The van der Waals surface area contributed by atoms with Crippen molar-refractivity contribution in [2.24, 2.45) is 0 Å². The van der Waals surface area contributed by atoms with E-state index in [9.17, 15) is 0 Å². The summed E-state index contributed by atoms with van der Waals surface area (Å²) >= 11 is 1.42. The molecule has 0 saturated carbocycles. The summed E-state index contributed by atoms with van der Waals surface area (Å²) in [6.45, 7) is 0. The van der Waals surface area contributed by atoms with E-state index in [2.05, 4.69) is 10.9 Å². The maximum Gasteiger partial charge on any atom is 0.157 e. The summed E-state index contributed by atoms with van der Waals surface area (Å²) in [5.74, 6) is 2.17. The smallest absolute Gasteiger partial charge is 0.157 e. The van der Waals surface area contributed by atoms with Gasteiger partial charge in [-0.1, -0.05) is 5.92 Å². The lowest BCUT2D eigenvalue weighted by Gasteiger charge is -1.93. The maximum atomic E-state index is 8.93. The number of aliphatic hydroxyl groups is 1. The van der Waals surface area contributed by atoms with Crippen molar-refractivity contribution in [3.63, 3.8) is 0 Å². The first-order chi connectivity index (χ1) is 4.34. The van der Waals surface area contributed by atoms with Crippen LogP contribution in [0.1, 0.15) is 11.8 Å². The van der Waals surface area contributed by atoms with Crippen LogP contribution in [0.4, 0.5) is 0 Å². The van der Waals surface area contributed by atoms with Crippen LogP contribution in [0.15, 0.2) is 10.9 Å². The average molecular weight is 139 g/mol. The largest absolute Gasteiger partial charge is 0.374 e. The van der Waals surface area contributed by atoms with Gasteiger partial charge >= 0.3 is 0 Å². The Morgan fingerprint density at radius 1 is 1.89 bits per heavy atom. The Kier molecular flexibility index (Phi) is 1.83. The predicted molar refractivity (Wildman–Crippen MR) is 35.9 cm³/mol. The van der Waals surface area contributed by atoms with Gasteiger partial charge in [0.05, 0.1) is 11.2 Å². The van der Waals surface area contributed by atoms with Crippen molar-refractivity contribution >= 4 is 11.3 Å². The molecule has 1 aromatic heterocycles. The minimum Gasteiger partial charge on any atom is -0.374 e. The lowest BCUT2D eigenvalue weighted by Crippen LogP contribution is -1.91. The standard InChI is InChI=1S/C6H5NOS/c1-2-6(8)5-3-9-4-7-5/h1,3-4,6,8H. The van der Waals surface area contributed by atoms with Crippen LogP contribution in [0.3, 0.4) is 0 Å². The van der Waals surface area contributed by atoms with Crippen LogP contribution in [-0.2, 0) is 0 Å². The summed E-state index contributed by atoms with van der Waals surface area (Å²) in [4.78, 5) is 3.81. The molecule has 46 valence electrons. The highest BCUT2D eigenvalue weighted by Gasteiger charge is 2.02. The van der Waals surface area contributed by atoms with Crippen LogP contribution >= 0.6 is 11.3 Å². The molecule has 1 atom stereocenters. The highest BCUT2D eigenvalue weighted by molar-refractivity contribution is 7.07. The minimum absolute atomic E-state index is 0.558. The second-order valence-corrected chi connectivity index (χ2v) is 2.20. The summed E-state index contributed by atoms with van der Waals surface area (Å²) in [5, 5.41) is 10.7. The number of rotatable bonds is 1. The number of hydrogen-bond acceptors (Lipinski definition) is 3. The van der Waals surface area contributed by atoms with Gasteiger partial charge in [0.2, 0.25) is 0 Å². The lowest BCUT2D eigenvalue weighted by molar-refractivity contribution is 0.234. The number of thiazole rings is 1.